The molecule has 0 spiro atoms. The van der Waals surface area contributed by atoms with Gasteiger partial charge in [0.1, 0.15) is 5.75 Å². The summed E-state index contributed by atoms with van der Waals surface area (Å²) in [4.78, 5) is 10.9. The van der Waals surface area contributed by atoms with E-state index in [-0.39, 0.29) is 0 Å². The lowest BCUT2D eigenvalue weighted by molar-refractivity contribution is -0.148. The lowest BCUT2D eigenvalue weighted by Crippen LogP contribution is -2.33. The molecule has 1 aromatic carbocycles. The molecular formula is C13H16O4. The number of aliphatic hydroxyl groups is 1. The van der Waals surface area contributed by atoms with E-state index in [0.717, 1.165) is 16.9 Å². The molecule has 0 aliphatic heterocycles. The minimum Gasteiger partial charge on any atom is -0.496 e. The highest BCUT2D eigenvalue weighted by Gasteiger charge is 2.53. The van der Waals surface area contributed by atoms with Gasteiger partial charge in [0, 0.05) is 5.41 Å². The fraction of sp³-hybridized carbons (Fsp3) is 0.462. The molecule has 2 N–H and O–H groups in total. The largest absolute Gasteiger partial charge is 0.496 e. The van der Waals surface area contributed by atoms with Crippen LogP contribution in [0.25, 0.3) is 0 Å². The number of carboxylic acid groups (broad SMARTS) is 1. The first kappa shape index (κ1) is 11.9. The number of rotatable bonds is 4. The van der Waals surface area contributed by atoms with Crippen molar-refractivity contribution >= 4 is 5.97 Å². The zero-order valence-electron chi connectivity index (χ0n) is 9.93. The first-order valence-corrected chi connectivity index (χ1v) is 5.57. The van der Waals surface area contributed by atoms with Gasteiger partial charge in [0.2, 0.25) is 0 Å². The molecule has 1 atom stereocenters. The Morgan fingerprint density at radius 1 is 1.47 bits per heavy atom. The lowest BCUT2D eigenvalue weighted by atomic mass is 9.89. The number of benzene rings is 1. The minimum atomic E-state index is -1.34. The van der Waals surface area contributed by atoms with Gasteiger partial charge in [-0.05, 0) is 37.0 Å². The zero-order chi connectivity index (χ0) is 12.6. The molecule has 2 rings (SSSR count). The average Bonchev–Trinajstić information content (AvgIpc) is 3.10. The molecule has 1 saturated carbocycles. The smallest absolute Gasteiger partial charge is 0.333 e. The van der Waals surface area contributed by atoms with Crippen molar-refractivity contribution in [3.05, 3.63) is 29.3 Å². The molecule has 17 heavy (non-hydrogen) atoms. The van der Waals surface area contributed by atoms with Gasteiger partial charge < -0.3 is 14.9 Å². The van der Waals surface area contributed by atoms with Gasteiger partial charge in [-0.3, -0.25) is 0 Å². The third kappa shape index (κ3) is 1.89. The van der Waals surface area contributed by atoms with Crippen molar-refractivity contribution in [2.24, 2.45) is 0 Å². The molecule has 1 aliphatic rings. The highest BCUT2D eigenvalue weighted by atomic mass is 16.5. The molecule has 92 valence electrons. The highest BCUT2D eigenvalue weighted by molar-refractivity contribution is 5.75. The summed E-state index contributed by atoms with van der Waals surface area (Å²) < 4.78 is 5.22. The summed E-state index contributed by atoms with van der Waals surface area (Å²) in [6.07, 6.45) is 0.0641. The van der Waals surface area contributed by atoms with Gasteiger partial charge in [0.15, 0.2) is 6.10 Å². The maximum Gasteiger partial charge on any atom is 0.333 e. The summed E-state index contributed by atoms with van der Waals surface area (Å²) in [6.45, 7) is 1.93. The molecular weight excluding hydrogens is 220 g/mol. The van der Waals surface area contributed by atoms with Crippen LogP contribution in [0.1, 0.15) is 24.0 Å². The van der Waals surface area contributed by atoms with E-state index in [4.69, 9.17) is 9.84 Å². The molecule has 0 saturated heterocycles. The second kappa shape index (κ2) is 4.04. The second-order valence-electron chi connectivity index (χ2n) is 4.58. The Kier molecular flexibility index (Phi) is 2.83. The number of hydrogen-bond donors (Lipinski definition) is 2. The average molecular weight is 236 g/mol. The Labute approximate surface area is 99.8 Å². The SMILES string of the molecule is COc1cc(C2(C(O)C(=O)O)CC2)ccc1C. The van der Waals surface area contributed by atoms with Crippen molar-refractivity contribution in [2.75, 3.05) is 7.11 Å². The third-order valence-electron chi connectivity index (χ3n) is 3.53. The minimum absolute atomic E-state index is 0.618. The van der Waals surface area contributed by atoms with Gasteiger partial charge in [-0.25, -0.2) is 4.79 Å². The molecule has 0 bridgehead atoms. The Morgan fingerprint density at radius 3 is 2.59 bits per heavy atom. The van der Waals surface area contributed by atoms with Crippen LogP contribution in [0.5, 0.6) is 5.75 Å². The van der Waals surface area contributed by atoms with E-state index in [1.807, 2.05) is 25.1 Å². The number of methoxy groups -OCH3 is 1. The van der Waals surface area contributed by atoms with Crippen molar-refractivity contribution in [3.8, 4) is 5.75 Å². The van der Waals surface area contributed by atoms with Crippen LogP contribution in [0, 0.1) is 6.92 Å². The summed E-state index contributed by atoms with van der Waals surface area (Å²) in [5.74, 6) is -0.437. The highest BCUT2D eigenvalue weighted by Crippen LogP contribution is 2.51. The topological polar surface area (TPSA) is 66.8 Å². The van der Waals surface area contributed by atoms with Crippen LogP contribution in [0.15, 0.2) is 18.2 Å². The van der Waals surface area contributed by atoms with Crippen molar-refractivity contribution < 1.29 is 19.7 Å². The molecule has 1 fully saturated rings. The predicted molar refractivity (Wildman–Crippen MR) is 62.3 cm³/mol. The maximum atomic E-state index is 10.9. The molecule has 0 amide bonds. The third-order valence-corrected chi connectivity index (χ3v) is 3.53. The zero-order valence-corrected chi connectivity index (χ0v) is 9.93. The fourth-order valence-corrected chi connectivity index (χ4v) is 2.22. The molecule has 1 aliphatic carbocycles. The Balaban J connectivity index is 2.37. The molecule has 4 nitrogen and oxygen atoms in total. The van der Waals surface area contributed by atoms with E-state index >= 15 is 0 Å². The molecule has 1 aromatic rings. The molecule has 0 aromatic heterocycles. The van der Waals surface area contributed by atoms with Crippen LogP contribution in [0.2, 0.25) is 0 Å². The number of carbonyl (C=O) groups is 1. The molecule has 1 unspecified atom stereocenters. The van der Waals surface area contributed by atoms with Crippen LogP contribution >= 0.6 is 0 Å². The predicted octanol–water partition coefficient (Wildman–Crippen LogP) is 1.48. The van der Waals surface area contributed by atoms with Crippen LogP contribution in [0.3, 0.4) is 0 Å². The summed E-state index contributed by atoms with van der Waals surface area (Å²) in [5.41, 5.74) is 1.22. The van der Waals surface area contributed by atoms with Crippen LogP contribution in [0.4, 0.5) is 0 Å². The summed E-state index contributed by atoms with van der Waals surface area (Å²) in [7, 11) is 1.58. The van der Waals surface area contributed by atoms with Crippen molar-refractivity contribution in [1.82, 2.24) is 0 Å². The van der Waals surface area contributed by atoms with Crippen LogP contribution < -0.4 is 4.74 Å². The fourth-order valence-electron chi connectivity index (χ4n) is 2.22. The van der Waals surface area contributed by atoms with E-state index in [1.54, 1.807) is 7.11 Å². The van der Waals surface area contributed by atoms with Gasteiger partial charge >= 0.3 is 5.97 Å². The van der Waals surface area contributed by atoms with Gasteiger partial charge in [-0.15, -0.1) is 0 Å². The van der Waals surface area contributed by atoms with Gasteiger partial charge in [-0.1, -0.05) is 12.1 Å². The van der Waals surface area contributed by atoms with Crippen LogP contribution in [-0.2, 0) is 10.2 Å². The van der Waals surface area contributed by atoms with E-state index in [0.29, 0.717) is 12.8 Å². The lowest BCUT2D eigenvalue weighted by Gasteiger charge is -2.20. The Hall–Kier alpha value is -1.55. The number of hydrogen-bond acceptors (Lipinski definition) is 3. The van der Waals surface area contributed by atoms with E-state index in [1.165, 1.54) is 0 Å². The number of ether oxygens (including phenoxy) is 1. The molecule has 0 heterocycles. The van der Waals surface area contributed by atoms with Crippen LogP contribution in [-0.4, -0.2) is 29.4 Å². The van der Waals surface area contributed by atoms with Crippen molar-refractivity contribution in [2.45, 2.75) is 31.3 Å². The number of aliphatic carboxylic acids is 1. The Bertz CT molecular complexity index is 449. The first-order valence-electron chi connectivity index (χ1n) is 5.57. The Morgan fingerprint density at radius 2 is 2.12 bits per heavy atom. The van der Waals surface area contributed by atoms with E-state index < -0.39 is 17.5 Å². The number of aliphatic hydroxyl groups excluding tert-OH is 1. The van der Waals surface area contributed by atoms with Gasteiger partial charge in [0.25, 0.3) is 0 Å². The number of aryl methyl sites for hydroxylation is 1. The van der Waals surface area contributed by atoms with E-state index in [2.05, 4.69) is 0 Å². The first-order chi connectivity index (χ1) is 8.01. The van der Waals surface area contributed by atoms with Gasteiger partial charge in [-0.2, -0.15) is 0 Å². The van der Waals surface area contributed by atoms with Crippen molar-refractivity contribution in [3.63, 3.8) is 0 Å². The van der Waals surface area contributed by atoms with Gasteiger partial charge in [0.05, 0.1) is 7.11 Å². The van der Waals surface area contributed by atoms with E-state index in [9.17, 15) is 9.90 Å². The summed E-state index contributed by atoms with van der Waals surface area (Å²) in [6, 6.07) is 5.59. The quantitative estimate of drug-likeness (QED) is 0.831. The van der Waals surface area contributed by atoms with Crippen molar-refractivity contribution in [1.29, 1.82) is 0 Å². The standard InChI is InChI=1S/C13H16O4/c1-8-3-4-9(7-10(8)17-2)13(5-6-13)11(14)12(15)16/h3-4,7,11,14H,5-6H2,1-2H3,(H,15,16). The summed E-state index contributed by atoms with van der Waals surface area (Å²) in [5, 5.41) is 18.7. The molecule has 0 radical (unpaired) electrons. The molecule has 4 heteroatoms. The summed E-state index contributed by atoms with van der Waals surface area (Å²) >= 11 is 0. The normalized spacial score (nSPS) is 18.5. The maximum absolute atomic E-state index is 10.9. The monoisotopic (exact) mass is 236 g/mol. The second-order valence-corrected chi connectivity index (χ2v) is 4.58. The number of carboxylic acids is 1.